The lowest BCUT2D eigenvalue weighted by Gasteiger charge is -2.24. The normalized spacial score (nSPS) is 14.7. The molecule has 0 atom stereocenters. The van der Waals surface area contributed by atoms with Gasteiger partial charge in [0.25, 0.3) is 5.69 Å². The molecule has 0 amide bonds. The highest BCUT2D eigenvalue weighted by Gasteiger charge is 2.40. The fourth-order valence-electron chi connectivity index (χ4n) is 8.23. The maximum absolute atomic E-state index is 9.26. The van der Waals surface area contributed by atoms with Crippen LogP contribution >= 0.6 is 0 Å². The van der Waals surface area contributed by atoms with Crippen molar-refractivity contribution in [1.29, 1.82) is 0 Å². The summed E-state index contributed by atoms with van der Waals surface area (Å²) in [4.78, 5) is 4.87. The zero-order valence-electron chi connectivity index (χ0n) is 43.7. The summed E-state index contributed by atoms with van der Waals surface area (Å²) in [6, 6.07) is 38.7. The van der Waals surface area contributed by atoms with Gasteiger partial charge in [0.15, 0.2) is 0 Å². The lowest BCUT2D eigenvalue weighted by Crippen LogP contribution is -2.17. The van der Waals surface area contributed by atoms with Gasteiger partial charge >= 0.3 is 11.7 Å². The van der Waals surface area contributed by atoms with E-state index in [9.17, 15) is 1.37 Å². The minimum Gasteiger partial charge on any atom is -0.457 e. The molecule has 1 aliphatic heterocycles. The van der Waals surface area contributed by atoms with E-state index in [-0.39, 0.29) is 46.0 Å². The molecule has 0 bridgehead atoms. The summed E-state index contributed by atoms with van der Waals surface area (Å²) < 4.78 is 64.6. The lowest BCUT2D eigenvalue weighted by atomic mass is 9.80. The Morgan fingerprint density at radius 3 is 2.00 bits per heavy atom. The number of para-hydroxylation sites is 1. The predicted molar refractivity (Wildman–Crippen MR) is 262 cm³/mol. The molecule has 1 aliphatic rings. The molecule has 0 spiro atoms. The van der Waals surface area contributed by atoms with Crippen LogP contribution in [-0.4, -0.2) is 15.6 Å². The van der Waals surface area contributed by atoms with Gasteiger partial charge in [-0.05, 0) is 102 Å². The van der Waals surface area contributed by atoms with E-state index in [4.69, 9.17) is 16.6 Å². The molecule has 3 heterocycles. The number of fused-ring (bicyclic) bond motifs is 4. The summed E-state index contributed by atoms with van der Waals surface area (Å²) in [5.74, 6) is 1.03. The second kappa shape index (κ2) is 15.1. The summed E-state index contributed by atoms with van der Waals surface area (Å²) >= 11 is 0. The first-order valence-corrected chi connectivity index (χ1v) is 21.4. The Balaban J connectivity index is 1.19. The number of benzene rings is 6. The molecule has 0 radical (unpaired) electrons. The van der Waals surface area contributed by atoms with Crippen LogP contribution in [0.2, 0.25) is 0 Å². The van der Waals surface area contributed by atoms with Gasteiger partial charge in [-0.15, -0.1) is 0 Å². The minimum absolute atomic E-state index is 0.0976. The van der Waals surface area contributed by atoms with Crippen molar-refractivity contribution in [1.82, 2.24) is 18.7 Å². The molecular weight excluding hydrogens is 757 g/mol. The number of ether oxygens (including phenoxy) is 1. The van der Waals surface area contributed by atoms with Gasteiger partial charge in [-0.25, -0.2) is 4.98 Å². The maximum Gasteiger partial charge on any atom is 0.503 e. The highest BCUT2D eigenvalue weighted by molar-refractivity contribution is 6.10. The largest absolute Gasteiger partial charge is 0.503 e. The predicted octanol–water partition coefficient (Wildman–Crippen LogP) is 15.5. The zero-order valence-corrected chi connectivity index (χ0v) is 37.7. The van der Waals surface area contributed by atoms with Crippen LogP contribution in [0.1, 0.15) is 113 Å². The van der Waals surface area contributed by atoms with Crippen molar-refractivity contribution in [2.75, 3.05) is 0 Å². The monoisotopic (exact) mass is 820 g/mol. The Hall–Kier alpha value is -6.55. The molecular formula is C57H58N4O+2. The van der Waals surface area contributed by atoms with Crippen molar-refractivity contribution < 1.29 is 13.0 Å². The third-order valence-corrected chi connectivity index (χ3v) is 11.8. The second-order valence-electron chi connectivity index (χ2n) is 19.7. The van der Waals surface area contributed by atoms with E-state index in [1.165, 1.54) is 11.1 Å². The van der Waals surface area contributed by atoms with Crippen molar-refractivity contribution in [3.8, 4) is 28.4 Å². The number of hydrogen-bond acceptors (Lipinski definition) is 2. The molecule has 62 heavy (non-hydrogen) atoms. The van der Waals surface area contributed by atoms with E-state index in [1.54, 1.807) is 0 Å². The SMILES string of the molecule is [2H]c1c([2H])c([2H])c(-c2ccc3c(c2)c2ccc(Oc4cccc([N+]5=C=[N+](c6cc(C(C)(C)C)cc(C(C)(C)C)c6)c6c5cccc6C([2H])(C)C)c4)cc2n3-c2cc(C(C)(C)C)ccn2)c([2H])c1[2H]. The molecule has 2 aromatic heterocycles. The fraction of sp³-hybridized carbons (Fsp3) is 0.263. The summed E-state index contributed by atoms with van der Waals surface area (Å²) in [5, 5.41) is 1.72. The van der Waals surface area contributed by atoms with E-state index >= 15 is 0 Å². The molecule has 9 rings (SSSR count). The Morgan fingerprint density at radius 2 is 1.31 bits per heavy atom. The van der Waals surface area contributed by atoms with Crippen molar-refractivity contribution in [2.24, 2.45) is 0 Å². The molecule has 6 aromatic carbocycles. The first-order valence-electron chi connectivity index (χ1n) is 24.4. The first kappa shape index (κ1) is 34.1. The summed E-state index contributed by atoms with van der Waals surface area (Å²) in [7, 11) is 0. The molecule has 310 valence electrons. The molecule has 0 saturated heterocycles. The third kappa shape index (κ3) is 7.56. The van der Waals surface area contributed by atoms with Crippen molar-refractivity contribution in [3.63, 3.8) is 0 Å². The van der Waals surface area contributed by atoms with Gasteiger partial charge in [0.1, 0.15) is 17.3 Å². The van der Waals surface area contributed by atoms with Crippen LogP contribution in [0.4, 0.5) is 22.7 Å². The zero-order chi connectivity index (χ0) is 49.0. The van der Waals surface area contributed by atoms with Gasteiger partial charge in [-0.2, -0.15) is 0 Å². The van der Waals surface area contributed by atoms with Crippen LogP contribution in [0.25, 0.3) is 38.8 Å². The molecule has 5 heteroatoms. The molecule has 0 unspecified atom stereocenters. The Kier molecular flexibility index (Phi) is 8.31. The molecule has 0 aliphatic carbocycles. The van der Waals surface area contributed by atoms with E-state index in [0.29, 0.717) is 22.9 Å². The van der Waals surface area contributed by atoms with E-state index in [2.05, 4.69) is 112 Å². The third-order valence-electron chi connectivity index (χ3n) is 11.8. The van der Waals surface area contributed by atoms with Crippen molar-refractivity contribution >= 4 is 50.6 Å². The van der Waals surface area contributed by atoms with Gasteiger partial charge in [-0.3, -0.25) is 4.57 Å². The maximum atomic E-state index is 9.26. The highest BCUT2D eigenvalue weighted by atomic mass is 16.5. The van der Waals surface area contributed by atoms with Crippen LogP contribution in [-0.2, 0) is 16.2 Å². The average Bonchev–Trinajstić information content (AvgIpc) is 3.82. The number of pyridine rings is 1. The van der Waals surface area contributed by atoms with Crippen LogP contribution in [0, 0.1) is 0 Å². The average molecular weight is 821 g/mol. The van der Waals surface area contributed by atoms with Gasteiger partial charge in [0.2, 0.25) is 11.4 Å². The first-order chi connectivity index (χ1) is 31.8. The number of rotatable bonds is 7. The smallest absolute Gasteiger partial charge is 0.457 e. The molecule has 0 N–H and O–H groups in total. The standard InChI is InChI=1S/C57H58N4O/c1-37(2)47-21-16-22-51-54(47)60(44-31-41(56(6,7)8)30-42(32-44)57(9,10)11)36-59(51)43-19-15-20-45(34-43)62-46-24-25-48-49-29-39(38-17-13-12-14-18-38)23-26-50(49)61(52(48)35-46)53-33-40(27-28-58-53)55(3,4)5/h12-35,37H,1-11H3/q+2/i12D,13D,14D,17D,18D,37D. The van der Waals surface area contributed by atoms with Crippen LogP contribution < -0.4 is 13.9 Å². The summed E-state index contributed by atoms with van der Waals surface area (Å²) in [6.07, 6.45) is 1.82. The topological polar surface area (TPSA) is 33.1 Å². The number of aromatic nitrogens is 2. The van der Waals surface area contributed by atoms with Gasteiger partial charge < -0.3 is 4.74 Å². The summed E-state index contributed by atoms with van der Waals surface area (Å²) in [6.45, 7) is 23.8. The van der Waals surface area contributed by atoms with E-state index < -0.39 is 11.9 Å². The fourth-order valence-corrected chi connectivity index (χ4v) is 8.23. The minimum atomic E-state index is -0.896. The Bertz CT molecular complexity index is 3400. The summed E-state index contributed by atoms with van der Waals surface area (Å²) in [5.41, 5.74) is 10.1. The molecule has 5 nitrogen and oxygen atoms in total. The van der Waals surface area contributed by atoms with Crippen molar-refractivity contribution in [3.05, 3.63) is 168 Å². The Morgan fingerprint density at radius 1 is 0.613 bits per heavy atom. The number of nitrogens with zero attached hydrogens (tertiary/aromatic N) is 4. The van der Waals surface area contributed by atoms with Crippen LogP contribution in [0.3, 0.4) is 0 Å². The highest BCUT2D eigenvalue weighted by Crippen LogP contribution is 2.44. The number of hydrogen-bond donors (Lipinski definition) is 0. The van der Waals surface area contributed by atoms with Gasteiger partial charge in [0, 0.05) is 54.2 Å². The van der Waals surface area contributed by atoms with Crippen LogP contribution in [0.15, 0.2) is 146 Å². The second-order valence-corrected chi connectivity index (χ2v) is 19.7. The molecule has 0 fully saturated rings. The van der Waals surface area contributed by atoms with E-state index in [0.717, 1.165) is 55.7 Å². The molecule has 0 saturated carbocycles. The van der Waals surface area contributed by atoms with Gasteiger partial charge in [-0.1, -0.05) is 137 Å². The lowest BCUT2D eigenvalue weighted by molar-refractivity contribution is 0.483. The van der Waals surface area contributed by atoms with Crippen molar-refractivity contribution in [2.45, 2.75) is 98.3 Å². The quantitative estimate of drug-likeness (QED) is 0.150. The molecule has 8 aromatic rings. The van der Waals surface area contributed by atoms with Gasteiger partial charge in [0.05, 0.1) is 24.0 Å². The van der Waals surface area contributed by atoms with Crippen LogP contribution in [0.5, 0.6) is 11.5 Å². The van der Waals surface area contributed by atoms with E-state index in [1.807, 2.05) is 98.9 Å². The Labute approximate surface area is 375 Å².